The molecule has 2 heterocycles. The average Bonchev–Trinajstić information content (AvgIpc) is 3.13. The number of pyridine rings is 1. The molecule has 1 fully saturated rings. The Hall–Kier alpha value is -0.780. The highest BCUT2D eigenvalue weighted by atomic mass is 79.9. The van der Waals surface area contributed by atoms with Gasteiger partial charge in [-0.05, 0) is 48.0 Å². The van der Waals surface area contributed by atoms with Crippen LogP contribution in [0.3, 0.4) is 0 Å². The second-order valence-electron chi connectivity index (χ2n) is 4.47. The molecule has 3 nitrogen and oxygen atoms in total. The summed E-state index contributed by atoms with van der Waals surface area (Å²) in [6, 6.07) is 3.94. The third-order valence-corrected chi connectivity index (χ3v) is 4.71. The van der Waals surface area contributed by atoms with Gasteiger partial charge in [0.25, 0.3) is 0 Å². The first kappa shape index (κ1) is 12.3. The molecule has 0 aliphatic heterocycles. The second kappa shape index (κ2) is 5.07. The van der Waals surface area contributed by atoms with Crippen LogP contribution in [0.15, 0.2) is 22.8 Å². The first-order valence-electron chi connectivity index (χ1n) is 6.04. The highest BCUT2D eigenvalue weighted by Crippen LogP contribution is 2.44. The lowest BCUT2D eigenvalue weighted by atomic mass is 10.2. The van der Waals surface area contributed by atoms with Crippen molar-refractivity contribution in [3.63, 3.8) is 0 Å². The summed E-state index contributed by atoms with van der Waals surface area (Å²) >= 11 is 5.30. The van der Waals surface area contributed by atoms with E-state index in [0.29, 0.717) is 5.92 Å². The number of rotatable bonds is 4. The Kier molecular flexibility index (Phi) is 3.46. The van der Waals surface area contributed by atoms with Gasteiger partial charge in [-0.25, -0.2) is 4.98 Å². The Morgan fingerprint density at radius 2 is 2.33 bits per heavy atom. The van der Waals surface area contributed by atoms with Gasteiger partial charge in [0.2, 0.25) is 0 Å². The summed E-state index contributed by atoms with van der Waals surface area (Å²) in [6.45, 7) is 0.897. The van der Waals surface area contributed by atoms with Crippen molar-refractivity contribution in [3.05, 3.63) is 33.4 Å². The normalized spacial score (nSPS) is 15.0. The van der Waals surface area contributed by atoms with Crippen LogP contribution in [0.2, 0.25) is 0 Å². The van der Waals surface area contributed by atoms with Gasteiger partial charge in [0.05, 0.1) is 5.69 Å². The molecule has 0 radical (unpaired) electrons. The zero-order chi connectivity index (χ0) is 12.5. The minimum atomic E-state index is 0.681. The maximum Gasteiger partial charge on any atom is 0.143 e. The molecule has 0 amide bonds. The van der Waals surface area contributed by atoms with E-state index in [0.717, 1.165) is 21.7 Å². The lowest BCUT2D eigenvalue weighted by Gasteiger charge is -1.97. The van der Waals surface area contributed by atoms with Crippen LogP contribution in [0, 0.1) is 0 Å². The summed E-state index contributed by atoms with van der Waals surface area (Å²) in [5, 5.41) is 4.25. The Bertz CT molecular complexity index is 563. The Balaban J connectivity index is 2.02. The zero-order valence-electron chi connectivity index (χ0n) is 10.1. The fourth-order valence-corrected chi connectivity index (χ4v) is 3.71. The van der Waals surface area contributed by atoms with E-state index in [2.05, 4.69) is 26.2 Å². The van der Waals surface area contributed by atoms with E-state index in [9.17, 15) is 0 Å². The maximum atomic E-state index is 4.81. The quantitative estimate of drug-likeness (QED) is 0.934. The van der Waals surface area contributed by atoms with Crippen LogP contribution in [0.4, 0.5) is 0 Å². The number of halogens is 1. The summed E-state index contributed by atoms with van der Waals surface area (Å²) in [5.74, 6) is 0.681. The van der Waals surface area contributed by atoms with Crippen LogP contribution in [0.25, 0.3) is 10.7 Å². The van der Waals surface area contributed by atoms with Crippen LogP contribution in [0.1, 0.15) is 29.3 Å². The molecule has 94 valence electrons. The Morgan fingerprint density at radius 1 is 1.50 bits per heavy atom. The molecular weight excluding hydrogens is 310 g/mol. The van der Waals surface area contributed by atoms with Gasteiger partial charge < -0.3 is 5.32 Å². The van der Waals surface area contributed by atoms with Gasteiger partial charge in [-0.15, -0.1) is 11.3 Å². The van der Waals surface area contributed by atoms with Crippen molar-refractivity contribution in [2.75, 3.05) is 7.05 Å². The SMILES string of the molecule is CNCc1sc(-c2ncccc2Br)nc1C1CC1. The van der Waals surface area contributed by atoms with Crippen molar-refractivity contribution in [2.24, 2.45) is 0 Å². The van der Waals surface area contributed by atoms with Crippen LogP contribution in [-0.4, -0.2) is 17.0 Å². The summed E-state index contributed by atoms with van der Waals surface area (Å²) in [6.07, 6.45) is 4.38. The maximum absolute atomic E-state index is 4.81. The predicted octanol–water partition coefficient (Wildman–Crippen LogP) is 3.56. The summed E-state index contributed by atoms with van der Waals surface area (Å²) in [5.41, 5.74) is 2.23. The van der Waals surface area contributed by atoms with Crippen LogP contribution < -0.4 is 5.32 Å². The smallest absolute Gasteiger partial charge is 0.143 e. The third-order valence-electron chi connectivity index (χ3n) is 2.99. The molecule has 1 N–H and O–H groups in total. The fraction of sp³-hybridized carbons (Fsp3) is 0.385. The lowest BCUT2D eigenvalue weighted by Crippen LogP contribution is -2.05. The van der Waals surface area contributed by atoms with Crippen LogP contribution in [-0.2, 0) is 6.54 Å². The van der Waals surface area contributed by atoms with Crippen molar-refractivity contribution >= 4 is 27.3 Å². The molecule has 0 atom stereocenters. The van der Waals surface area contributed by atoms with Crippen molar-refractivity contribution in [3.8, 4) is 10.7 Å². The largest absolute Gasteiger partial charge is 0.315 e. The minimum absolute atomic E-state index is 0.681. The standard InChI is InChI=1S/C13H14BrN3S/c1-15-7-10-11(8-4-5-8)17-13(18-10)12-9(14)3-2-6-16-12/h2-3,6,8,15H,4-5,7H2,1H3. The highest BCUT2D eigenvalue weighted by molar-refractivity contribution is 9.10. The van der Waals surface area contributed by atoms with Crippen LogP contribution in [0.5, 0.6) is 0 Å². The monoisotopic (exact) mass is 323 g/mol. The number of nitrogens with zero attached hydrogens (tertiary/aromatic N) is 2. The highest BCUT2D eigenvalue weighted by Gasteiger charge is 2.29. The molecule has 0 saturated heterocycles. The van der Waals surface area contributed by atoms with Gasteiger partial charge in [0, 0.05) is 28.0 Å². The van der Waals surface area contributed by atoms with Gasteiger partial charge in [-0.2, -0.15) is 0 Å². The topological polar surface area (TPSA) is 37.8 Å². The first-order valence-corrected chi connectivity index (χ1v) is 7.65. The van der Waals surface area contributed by atoms with E-state index < -0.39 is 0 Å². The molecule has 2 aromatic heterocycles. The zero-order valence-corrected chi connectivity index (χ0v) is 12.5. The van der Waals surface area contributed by atoms with Crippen molar-refractivity contribution in [2.45, 2.75) is 25.3 Å². The number of hydrogen-bond donors (Lipinski definition) is 1. The van der Waals surface area contributed by atoms with Crippen LogP contribution >= 0.6 is 27.3 Å². The number of hydrogen-bond acceptors (Lipinski definition) is 4. The Morgan fingerprint density at radius 3 is 3.00 bits per heavy atom. The van der Waals surface area contributed by atoms with Crippen molar-refractivity contribution in [1.29, 1.82) is 0 Å². The summed E-state index contributed by atoms with van der Waals surface area (Å²) < 4.78 is 1.01. The number of aromatic nitrogens is 2. The molecule has 5 heteroatoms. The summed E-state index contributed by atoms with van der Waals surface area (Å²) in [7, 11) is 1.98. The molecule has 1 saturated carbocycles. The number of nitrogens with one attached hydrogen (secondary N) is 1. The third kappa shape index (κ3) is 2.35. The second-order valence-corrected chi connectivity index (χ2v) is 6.40. The predicted molar refractivity (Wildman–Crippen MR) is 77.8 cm³/mol. The van der Waals surface area contributed by atoms with Crippen molar-refractivity contribution < 1.29 is 0 Å². The molecule has 1 aliphatic rings. The molecule has 3 rings (SSSR count). The minimum Gasteiger partial charge on any atom is -0.315 e. The van der Waals surface area contributed by atoms with Gasteiger partial charge in [0.1, 0.15) is 10.7 Å². The molecular formula is C13H14BrN3S. The fourth-order valence-electron chi connectivity index (χ4n) is 1.97. The van der Waals surface area contributed by atoms with Gasteiger partial charge in [-0.3, -0.25) is 4.98 Å². The number of thiazole rings is 1. The van der Waals surface area contributed by atoms with E-state index in [1.165, 1.54) is 23.4 Å². The average molecular weight is 324 g/mol. The van der Waals surface area contributed by atoms with Gasteiger partial charge in [0.15, 0.2) is 0 Å². The van der Waals surface area contributed by atoms with E-state index in [1.807, 2.05) is 25.4 Å². The molecule has 1 aliphatic carbocycles. The van der Waals surface area contributed by atoms with Gasteiger partial charge >= 0.3 is 0 Å². The molecule has 0 aromatic carbocycles. The molecule has 0 unspecified atom stereocenters. The summed E-state index contributed by atoms with van der Waals surface area (Å²) in [4.78, 5) is 10.6. The van der Waals surface area contributed by atoms with E-state index in [1.54, 1.807) is 11.3 Å². The lowest BCUT2D eigenvalue weighted by molar-refractivity contribution is 0.813. The van der Waals surface area contributed by atoms with E-state index in [-0.39, 0.29) is 0 Å². The molecule has 0 spiro atoms. The Labute approximate surface area is 119 Å². The van der Waals surface area contributed by atoms with Gasteiger partial charge in [-0.1, -0.05) is 0 Å². The van der Waals surface area contributed by atoms with E-state index in [4.69, 9.17) is 4.98 Å². The first-order chi connectivity index (χ1) is 8.79. The molecule has 0 bridgehead atoms. The van der Waals surface area contributed by atoms with E-state index >= 15 is 0 Å². The molecule has 18 heavy (non-hydrogen) atoms. The molecule has 2 aromatic rings. The van der Waals surface area contributed by atoms with Crippen molar-refractivity contribution in [1.82, 2.24) is 15.3 Å².